The van der Waals surface area contributed by atoms with Crippen LogP contribution in [0.4, 0.5) is 0 Å². The lowest BCUT2D eigenvalue weighted by Gasteiger charge is -2.23. The standard InChI is InChI=1S/C13H17N3O2/c1-13(2,3)10(14)12-15-11(16-18-12)8-4-6-9(17)7-5-8/h4-7,10,17H,14H2,1-3H3. The van der Waals surface area contributed by atoms with E-state index in [1.807, 2.05) is 20.8 Å². The van der Waals surface area contributed by atoms with Gasteiger partial charge >= 0.3 is 0 Å². The summed E-state index contributed by atoms with van der Waals surface area (Å²) in [5, 5.41) is 13.1. The van der Waals surface area contributed by atoms with Crippen LogP contribution in [0.5, 0.6) is 5.75 Å². The average Bonchev–Trinajstić information content (AvgIpc) is 2.77. The summed E-state index contributed by atoms with van der Waals surface area (Å²) in [4.78, 5) is 4.29. The maximum absolute atomic E-state index is 9.22. The van der Waals surface area contributed by atoms with Gasteiger partial charge in [0.1, 0.15) is 5.75 Å². The molecule has 1 aromatic carbocycles. The summed E-state index contributed by atoms with van der Waals surface area (Å²) in [5.74, 6) is 1.10. The van der Waals surface area contributed by atoms with E-state index in [1.165, 1.54) is 0 Å². The van der Waals surface area contributed by atoms with Crippen molar-refractivity contribution in [1.29, 1.82) is 0 Å². The monoisotopic (exact) mass is 247 g/mol. The third kappa shape index (κ3) is 2.51. The lowest BCUT2D eigenvalue weighted by atomic mass is 9.87. The first-order valence-electron chi connectivity index (χ1n) is 5.76. The zero-order valence-corrected chi connectivity index (χ0v) is 10.7. The predicted molar refractivity (Wildman–Crippen MR) is 67.8 cm³/mol. The first-order valence-corrected chi connectivity index (χ1v) is 5.76. The van der Waals surface area contributed by atoms with Gasteiger partial charge in [-0.2, -0.15) is 4.98 Å². The number of phenols is 1. The van der Waals surface area contributed by atoms with Crippen molar-refractivity contribution in [3.05, 3.63) is 30.2 Å². The number of aromatic nitrogens is 2. The van der Waals surface area contributed by atoms with Gasteiger partial charge in [-0.05, 0) is 29.7 Å². The van der Waals surface area contributed by atoms with Gasteiger partial charge < -0.3 is 15.4 Å². The average molecular weight is 247 g/mol. The topological polar surface area (TPSA) is 85.2 Å². The molecule has 3 N–H and O–H groups in total. The van der Waals surface area contributed by atoms with E-state index in [-0.39, 0.29) is 17.2 Å². The third-order valence-electron chi connectivity index (χ3n) is 2.77. The molecule has 2 aromatic rings. The molecule has 96 valence electrons. The summed E-state index contributed by atoms with van der Waals surface area (Å²) >= 11 is 0. The second-order valence-corrected chi connectivity index (χ2v) is 5.35. The minimum absolute atomic E-state index is 0.140. The van der Waals surface area contributed by atoms with Crippen LogP contribution in [0.1, 0.15) is 32.7 Å². The molecule has 1 atom stereocenters. The van der Waals surface area contributed by atoms with Gasteiger partial charge in [-0.15, -0.1) is 0 Å². The van der Waals surface area contributed by atoms with Crippen molar-refractivity contribution >= 4 is 0 Å². The molecule has 0 amide bonds. The van der Waals surface area contributed by atoms with Gasteiger partial charge in [0.25, 0.3) is 0 Å². The van der Waals surface area contributed by atoms with Crippen LogP contribution in [0, 0.1) is 5.41 Å². The molecule has 1 aromatic heterocycles. The molecule has 0 radical (unpaired) electrons. The SMILES string of the molecule is CC(C)(C)C(N)c1nc(-c2ccc(O)cc2)no1. The number of nitrogens with two attached hydrogens (primary N) is 1. The Morgan fingerprint density at radius 3 is 2.39 bits per heavy atom. The number of hydrogen-bond donors (Lipinski definition) is 2. The molecule has 5 nitrogen and oxygen atoms in total. The van der Waals surface area contributed by atoms with Gasteiger partial charge in [0.05, 0.1) is 6.04 Å². The molecule has 1 unspecified atom stereocenters. The smallest absolute Gasteiger partial charge is 0.244 e. The van der Waals surface area contributed by atoms with Gasteiger partial charge in [0.15, 0.2) is 0 Å². The molecule has 5 heteroatoms. The van der Waals surface area contributed by atoms with Crippen molar-refractivity contribution in [3.63, 3.8) is 0 Å². The number of benzene rings is 1. The number of phenolic OH excluding ortho intramolecular Hbond substituents is 1. The van der Waals surface area contributed by atoms with Gasteiger partial charge in [-0.3, -0.25) is 0 Å². The zero-order chi connectivity index (χ0) is 13.3. The first kappa shape index (κ1) is 12.6. The molecule has 0 aliphatic heterocycles. The Kier molecular flexibility index (Phi) is 3.09. The quantitative estimate of drug-likeness (QED) is 0.851. The minimum atomic E-state index is -0.309. The lowest BCUT2D eigenvalue weighted by molar-refractivity contribution is 0.253. The van der Waals surface area contributed by atoms with Crippen LogP contribution in [0.15, 0.2) is 28.8 Å². The van der Waals surface area contributed by atoms with Crippen LogP contribution >= 0.6 is 0 Å². The number of nitrogens with zero attached hydrogens (tertiary/aromatic N) is 2. The minimum Gasteiger partial charge on any atom is -0.508 e. The van der Waals surface area contributed by atoms with Crippen LogP contribution in [-0.2, 0) is 0 Å². The number of hydrogen-bond acceptors (Lipinski definition) is 5. The molecular formula is C13H17N3O2. The third-order valence-corrected chi connectivity index (χ3v) is 2.77. The van der Waals surface area contributed by atoms with Gasteiger partial charge in [0, 0.05) is 5.56 Å². The normalized spacial score (nSPS) is 13.6. The Morgan fingerprint density at radius 2 is 1.83 bits per heavy atom. The van der Waals surface area contributed by atoms with Gasteiger partial charge in [-0.1, -0.05) is 25.9 Å². The molecule has 0 fully saturated rings. The van der Waals surface area contributed by atoms with E-state index in [1.54, 1.807) is 24.3 Å². The molecule has 1 heterocycles. The highest BCUT2D eigenvalue weighted by molar-refractivity contribution is 5.55. The Morgan fingerprint density at radius 1 is 1.22 bits per heavy atom. The highest BCUT2D eigenvalue weighted by atomic mass is 16.5. The van der Waals surface area contributed by atoms with Crippen molar-refractivity contribution in [1.82, 2.24) is 10.1 Å². The maximum Gasteiger partial charge on any atom is 0.244 e. The summed E-state index contributed by atoms with van der Waals surface area (Å²) in [6.45, 7) is 6.05. The Labute approximate surface area is 106 Å². The van der Waals surface area contributed by atoms with E-state index in [0.717, 1.165) is 5.56 Å². The van der Waals surface area contributed by atoms with Crippen LogP contribution in [0.25, 0.3) is 11.4 Å². The Bertz CT molecular complexity index is 526. The van der Waals surface area contributed by atoms with Gasteiger partial charge in [0.2, 0.25) is 11.7 Å². The van der Waals surface area contributed by atoms with E-state index in [9.17, 15) is 5.11 Å². The molecule has 0 saturated heterocycles. The zero-order valence-electron chi connectivity index (χ0n) is 10.7. The predicted octanol–water partition coefficient (Wildman–Crippen LogP) is 2.49. The van der Waals surface area contributed by atoms with Crippen LogP contribution < -0.4 is 5.73 Å². The Balaban J connectivity index is 2.28. The van der Waals surface area contributed by atoms with E-state index in [0.29, 0.717) is 11.7 Å². The molecule has 0 saturated carbocycles. The molecule has 0 spiro atoms. The summed E-state index contributed by atoms with van der Waals surface area (Å²) < 4.78 is 5.19. The second kappa shape index (κ2) is 4.42. The van der Waals surface area contributed by atoms with Crippen molar-refractivity contribution in [2.45, 2.75) is 26.8 Å². The molecule has 0 aliphatic carbocycles. The fourth-order valence-electron chi connectivity index (χ4n) is 1.46. The summed E-state index contributed by atoms with van der Waals surface area (Å²) in [6.07, 6.45) is 0. The van der Waals surface area contributed by atoms with Crippen LogP contribution in [0.3, 0.4) is 0 Å². The first-order chi connectivity index (χ1) is 8.38. The molecule has 2 rings (SSSR count). The van der Waals surface area contributed by atoms with Crippen molar-refractivity contribution < 1.29 is 9.63 Å². The van der Waals surface area contributed by atoms with Crippen LogP contribution in [-0.4, -0.2) is 15.2 Å². The van der Waals surface area contributed by atoms with E-state index in [2.05, 4.69) is 10.1 Å². The van der Waals surface area contributed by atoms with Crippen molar-refractivity contribution in [2.24, 2.45) is 11.1 Å². The second-order valence-electron chi connectivity index (χ2n) is 5.35. The number of rotatable bonds is 2. The molecule has 0 bridgehead atoms. The number of aromatic hydroxyl groups is 1. The largest absolute Gasteiger partial charge is 0.508 e. The highest BCUT2D eigenvalue weighted by Gasteiger charge is 2.27. The highest BCUT2D eigenvalue weighted by Crippen LogP contribution is 2.30. The van der Waals surface area contributed by atoms with Crippen molar-refractivity contribution in [3.8, 4) is 17.1 Å². The summed E-state index contributed by atoms with van der Waals surface area (Å²) in [6, 6.07) is 6.30. The van der Waals surface area contributed by atoms with E-state index >= 15 is 0 Å². The lowest BCUT2D eigenvalue weighted by Crippen LogP contribution is -2.26. The fourth-order valence-corrected chi connectivity index (χ4v) is 1.46. The molecule has 0 aliphatic rings. The van der Waals surface area contributed by atoms with Gasteiger partial charge in [-0.25, -0.2) is 0 Å². The molecular weight excluding hydrogens is 230 g/mol. The molecule has 18 heavy (non-hydrogen) atoms. The van der Waals surface area contributed by atoms with E-state index < -0.39 is 0 Å². The fraction of sp³-hybridized carbons (Fsp3) is 0.385. The summed E-state index contributed by atoms with van der Waals surface area (Å²) in [5.41, 5.74) is 6.69. The van der Waals surface area contributed by atoms with E-state index in [4.69, 9.17) is 10.3 Å². The van der Waals surface area contributed by atoms with Crippen LogP contribution in [0.2, 0.25) is 0 Å². The summed E-state index contributed by atoms with van der Waals surface area (Å²) in [7, 11) is 0. The maximum atomic E-state index is 9.22. The van der Waals surface area contributed by atoms with Crippen molar-refractivity contribution in [2.75, 3.05) is 0 Å². The Hall–Kier alpha value is -1.88.